The number of carbonyl (C=O) groups is 1. The molecule has 0 bridgehead atoms. The maximum absolute atomic E-state index is 10.4. The van der Waals surface area contributed by atoms with E-state index in [1.807, 2.05) is 0 Å². The van der Waals surface area contributed by atoms with Gasteiger partial charge in [0.1, 0.15) is 0 Å². The van der Waals surface area contributed by atoms with Gasteiger partial charge in [0.15, 0.2) is 4.34 Å². The summed E-state index contributed by atoms with van der Waals surface area (Å²) < 4.78 is 0.706. The molecule has 88 valence electrons. The summed E-state index contributed by atoms with van der Waals surface area (Å²) in [7, 11) is 0. The van der Waals surface area contributed by atoms with Crippen molar-refractivity contribution in [1.29, 1.82) is 0 Å². The lowest BCUT2D eigenvalue weighted by Crippen LogP contribution is -2.33. The predicted octanol–water partition coefficient (Wildman–Crippen LogP) is 1.93. The Morgan fingerprint density at radius 1 is 1.62 bits per heavy atom. The zero-order valence-electron chi connectivity index (χ0n) is 8.84. The van der Waals surface area contributed by atoms with E-state index in [1.54, 1.807) is 0 Å². The highest BCUT2D eigenvalue weighted by atomic mass is 32.2. The number of carboxylic acid groups (broad SMARTS) is 1. The van der Waals surface area contributed by atoms with Crippen LogP contribution in [0.25, 0.3) is 0 Å². The number of carboxylic acids is 1. The van der Waals surface area contributed by atoms with E-state index < -0.39 is 5.97 Å². The van der Waals surface area contributed by atoms with Crippen molar-refractivity contribution in [3.8, 4) is 0 Å². The molecule has 0 aromatic carbocycles. The quantitative estimate of drug-likeness (QED) is 0.787. The molecule has 1 fully saturated rings. The van der Waals surface area contributed by atoms with Crippen LogP contribution in [0.15, 0.2) is 4.34 Å². The monoisotopic (exact) mass is 259 g/mol. The number of thioether (sulfide) groups is 1. The lowest BCUT2D eigenvalue weighted by Gasteiger charge is -2.32. The molecule has 1 aliphatic carbocycles. The Morgan fingerprint density at radius 2 is 2.38 bits per heavy atom. The molecule has 0 amide bonds. The maximum Gasteiger partial charge on any atom is 0.313 e. The second-order valence-corrected chi connectivity index (χ2v) is 6.17. The molecule has 2 N–H and O–H groups in total. The van der Waals surface area contributed by atoms with Gasteiger partial charge in [-0.25, -0.2) is 0 Å². The van der Waals surface area contributed by atoms with Gasteiger partial charge in [-0.2, -0.15) is 0 Å². The molecule has 16 heavy (non-hydrogen) atoms. The lowest BCUT2D eigenvalue weighted by atomic mass is 9.82. The molecule has 1 aromatic rings. The van der Waals surface area contributed by atoms with Crippen LogP contribution in [0.1, 0.15) is 19.8 Å². The highest BCUT2D eigenvalue weighted by Gasteiger charge is 2.25. The molecule has 1 aliphatic rings. The van der Waals surface area contributed by atoms with Crippen molar-refractivity contribution in [2.75, 3.05) is 11.1 Å². The fourth-order valence-electron chi connectivity index (χ4n) is 1.64. The standard InChI is InChI=1S/C9H13N3O2S2/c1-5-2-6(3-5)10-8-11-12-9(16-8)15-4-7(13)14/h5-6H,2-4H2,1H3,(H,10,11)(H,13,14). The highest BCUT2D eigenvalue weighted by molar-refractivity contribution is 8.01. The molecule has 0 aliphatic heterocycles. The van der Waals surface area contributed by atoms with Crippen LogP contribution in [0.2, 0.25) is 0 Å². The molecule has 0 spiro atoms. The van der Waals surface area contributed by atoms with Crippen molar-refractivity contribution < 1.29 is 9.90 Å². The third-order valence-corrected chi connectivity index (χ3v) is 4.40. The zero-order valence-corrected chi connectivity index (χ0v) is 10.5. The molecule has 0 radical (unpaired) electrons. The third kappa shape index (κ3) is 3.08. The summed E-state index contributed by atoms with van der Waals surface area (Å²) in [5, 5.41) is 20.5. The van der Waals surface area contributed by atoms with E-state index in [0.29, 0.717) is 10.4 Å². The summed E-state index contributed by atoms with van der Waals surface area (Å²) in [6, 6.07) is 0.514. The fourth-order valence-corrected chi connectivity index (χ4v) is 3.19. The lowest BCUT2D eigenvalue weighted by molar-refractivity contribution is -0.133. The Bertz CT molecular complexity index is 377. The van der Waals surface area contributed by atoms with Crippen molar-refractivity contribution >= 4 is 34.2 Å². The van der Waals surface area contributed by atoms with E-state index in [9.17, 15) is 4.79 Å². The third-order valence-electron chi connectivity index (χ3n) is 2.43. The van der Waals surface area contributed by atoms with Gasteiger partial charge in [0.25, 0.3) is 0 Å². The normalized spacial score (nSPS) is 23.8. The van der Waals surface area contributed by atoms with Crippen LogP contribution < -0.4 is 5.32 Å². The molecule has 7 heteroatoms. The molecular weight excluding hydrogens is 246 g/mol. The first-order chi connectivity index (χ1) is 7.63. The largest absolute Gasteiger partial charge is 0.481 e. The molecule has 1 heterocycles. The first kappa shape index (κ1) is 11.7. The number of hydrogen-bond donors (Lipinski definition) is 2. The number of aromatic nitrogens is 2. The van der Waals surface area contributed by atoms with Crippen LogP contribution in [0, 0.1) is 5.92 Å². The molecule has 1 aromatic heterocycles. The summed E-state index contributed by atoms with van der Waals surface area (Å²) in [6.45, 7) is 2.23. The second-order valence-electron chi connectivity index (χ2n) is 3.97. The molecule has 5 nitrogen and oxygen atoms in total. The van der Waals surface area contributed by atoms with Gasteiger partial charge in [-0.15, -0.1) is 10.2 Å². The first-order valence-corrected chi connectivity index (χ1v) is 6.88. The van der Waals surface area contributed by atoms with Crippen molar-refractivity contribution in [2.24, 2.45) is 5.92 Å². The van der Waals surface area contributed by atoms with Gasteiger partial charge in [-0.3, -0.25) is 4.79 Å². The topological polar surface area (TPSA) is 75.1 Å². The summed E-state index contributed by atoms with van der Waals surface area (Å²) in [5.74, 6) is 0.00329. The summed E-state index contributed by atoms with van der Waals surface area (Å²) >= 11 is 2.63. The van der Waals surface area contributed by atoms with Crippen LogP contribution in [0.4, 0.5) is 5.13 Å². The minimum Gasteiger partial charge on any atom is -0.481 e. The Morgan fingerprint density at radius 3 is 3.00 bits per heavy atom. The van der Waals surface area contributed by atoms with Crippen LogP contribution in [-0.2, 0) is 4.79 Å². The average Bonchev–Trinajstić information content (AvgIpc) is 2.60. The van der Waals surface area contributed by atoms with Crippen molar-refractivity contribution in [1.82, 2.24) is 10.2 Å². The number of nitrogens with one attached hydrogen (secondary N) is 1. The van der Waals surface area contributed by atoms with Gasteiger partial charge in [0.2, 0.25) is 5.13 Å². The zero-order chi connectivity index (χ0) is 11.5. The minimum absolute atomic E-state index is 0.0368. The Hall–Kier alpha value is -0.820. The molecule has 0 saturated heterocycles. The molecule has 1 saturated carbocycles. The molecule has 0 unspecified atom stereocenters. The van der Waals surface area contributed by atoms with Crippen LogP contribution in [-0.4, -0.2) is 33.1 Å². The Labute approximate surface area is 102 Å². The number of hydrogen-bond acceptors (Lipinski definition) is 6. The van der Waals surface area contributed by atoms with Crippen LogP contribution >= 0.6 is 23.1 Å². The van der Waals surface area contributed by atoms with Gasteiger partial charge in [0, 0.05) is 6.04 Å². The summed E-state index contributed by atoms with van der Waals surface area (Å²) in [5.41, 5.74) is 0. The average molecular weight is 259 g/mol. The number of aliphatic carboxylic acids is 1. The maximum atomic E-state index is 10.4. The summed E-state index contributed by atoms with van der Waals surface area (Å²) in [4.78, 5) is 10.4. The van der Waals surface area contributed by atoms with Crippen LogP contribution in [0.5, 0.6) is 0 Å². The van der Waals surface area contributed by atoms with E-state index in [4.69, 9.17) is 5.11 Å². The van der Waals surface area contributed by atoms with Crippen molar-refractivity contribution in [3.05, 3.63) is 0 Å². The molecule has 2 rings (SSSR count). The van der Waals surface area contributed by atoms with Crippen molar-refractivity contribution in [2.45, 2.75) is 30.1 Å². The number of nitrogens with zero attached hydrogens (tertiary/aromatic N) is 2. The van der Waals surface area contributed by atoms with Crippen LogP contribution in [0.3, 0.4) is 0 Å². The summed E-state index contributed by atoms with van der Waals surface area (Å²) in [6.07, 6.45) is 2.36. The number of anilines is 1. The molecule has 0 atom stereocenters. The SMILES string of the molecule is CC1CC(Nc2nnc(SCC(=O)O)s2)C1. The van der Waals surface area contributed by atoms with Gasteiger partial charge < -0.3 is 10.4 Å². The number of rotatable bonds is 5. The molecular formula is C9H13N3O2S2. The van der Waals surface area contributed by atoms with Gasteiger partial charge in [-0.1, -0.05) is 30.0 Å². The smallest absolute Gasteiger partial charge is 0.313 e. The Kier molecular flexibility index (Phi) is 3.65. The van der Waals surface area contributed by atoms with Gasteiger partial charge in [0.05, 0.1) is 5.75 Å². The van der Waals surface area contributed by atoms with Gasteiger partial charge in [-0.05, 0) is 18.8 Å². The van der Waals surface area contributed by atoms with Crippen molar-refractivity contribution in [3.63, 3.8) is 0 Å². The fraction of sp³-hybridized carbons (Fsp3) is 0.667. The van der Waals surface area contributed by atoms with E-state index >= 15 is 0 Å². The Balaban J connectivity index is 1.80. The van der Waals surface area contributed by atoms with E-state index in [-0.39, 0.29) is 5.75 Å². The van der Waals surface area contributed by atoms with E-state index in [1.165, 1.54) is 35.9 Å². The van der Waals surface area contributed by atoms with E-state index in [2.05, 4.69) is 22.4 Å². The minimum atomic E-state index is -0.831. The highest BCUT2D eigenvalue weighted by Crippen LogP contribution is 2.32. The first-order valence-electron chi connectivity index (χ1n) is 5.08. The second kappa shape index (κ2) is 5.01. The predicted molar refractivity (Wildman–Crippen MR) is 64.1 cm³/mol. The van der Waals surface area contributed by atoms with E-state index in [0.717, 1.165) is 11.0 Å². The van der Waals surface area contributed by atoms with Gasteiger partial charge >= 0.3 is 5.97 Å².